The molecule has 21 heavy (non-hydrogen) atoms. The summed E-state index contributed by atoms with van der Waals surface area (Å²) in [5.74, 6) is -0.429. The molecule has 2 aliphatic rings. The summed E-state index contributed by atoms with van der Waals surface area (Å²) < 4.78 is 0. The summed E-state index contributed by atoms with van der Waals surface area (Å²) in [6, 6.07) is -0.605. The second kappa shape index (κ2) is 6.16. The number of barbiturate groups is 1. The largest absolute Gasteiger partial charge is 0.331 e. The summed E-state index contributed by atoms with van der Waals surface area (Å²) in [7, 11) is 0. The van der Waals surface area contributed by atoms with Gasteiger partial charge in [-0.25, -0.2) is 4.79 Å². The lowest BCUT2D eigenvalue weighted by molar-refractivity contribution is -0.154. The van der Waals surface area contributed by atoms with Crippen molar-refractivity contribution in [1.29, 1.82) is 0 Å². The molecule has 2 rings (SSSR count). The summed E-state index contributed by atoms with van der Waals surface area (Å²) in [4.78, 5) is 38.8. The molecule has 1 N–H and O–H groups in total. The number of imide groups is 2. The van der Waals surface area contributed by atoms with E-state index in [1.54, 1.807) is 0 Å². The standard InChI is InChI=1S/C16H26N2O3/c1-4-16(5-2)13(19)17-15(21)18(14(16)20)12-10-8-6-7-9-11(12)3/h11-12H,4-10H2,1-3H3,(H,17,19,21). The highest BCUT2D eigenvalue weighted by atomic mass is 16.2. The molecule has 0 radical (unpaired) electrons. The zero-order valence-electron chi connectivity index (χ0n) is 13.3. The van der Waals surface area contributed by atoms with Gasteiger partial charge in [-0.05, 0) is 31.6 Å². The normalized spacial score (nSPS) is 30.0. The van der Waals surface area contributed by atoms with Crippen LogP contribution in [0.3, 0.4) is 0 Å². The first-order valence-electron chi connectivity index (χ1n) is 8.17. The predicted molar refractivity (Wildman–Crippen MR) is 79.4 cm³/mol. The fourth-order valence-corrected chi connectivity index (χ4v) is 3.73. The second-order valence-corrected chi connectivity index (χ2v) is 6.41. The smallest absolute Gasteiger partial charge is 0.277 e. The van der Waals surface area contributed by atoms with Gasteiger partial charge in [0, 0.05) is 6.04 Å². The topological polar surface area (TPSA) is 66.5 Å². The van der Waals surface area contributed by atoms with Gasteiger partial charge in [0.05, 0.1) is 0 Å². The van der Waals surface area contributed by atoms with E-state index in [1.807, 2.05) is 13.8 Å². The molecule has 1 aliphatic carbocycles. The molecule has 1 aliphatic heterocycles. The number of hydrogen-bond acceptors (Lipinski definition) is 3. The lowest BCUT2D eigenvalue weighted by atomic mass is 9.77. The molecule has 0 aromatic rings. The number of nitrogens with one attached hydrogen (secondary N) is 1. The zero-order chi connectivity index (χ0) is 15.6. The van der Waals surface area contributed by atoms with Crippen LogP contribution < -0.4 is 5.32 Å². The Balaban J connectivity index is 2.34. The molecule has 0 spiro atoms. The van der Waals surface area contributed by atoms with Crippen LogP contribution in [0.2, 0.25) is 0 Å². The molecule has 2 fully saturated rings. The molecule has 118 valence electrons. The van der Waals surface area contributed by atoms with Crippen LogP contribution in [-0.2, 0) is 9.59 Å². The fraction of sp³-hybridized carbons (Fsp3) is 0.812. The molecule has 0 aromatic carbocycles. The van der Waals surface area contributed by atoms with E-state index in [9.17, 15) is 14.4 Å². The van der Waals surface area contributed by atoms with E-state index < -0.39 is 17.4 Å². The van der Waals surface area contributed by atoms with Crippen LogP contribution in [0.5, 0.6) is 0 Å². The Morgan fingerprint density at radius 2 is 1.71 bits per heavy atom. The fourth-order valence-electron chi connectivity index (χ4n) is 3.73. The number of rotatable bonds is 3. The van der Waals surface area contributed by atoms with Crippen molar-refractivity contribution >= 4 is 17.8 Å². The average Bonchev–Trinajstić information content (AvgIpc) is 2.66. The van der Waals surface area contributed by atoms with Gasteiger partial charge in [-0.2, -0.15) is 0 Å². The molecular weight excluding hydrogens is 268 g/mol. The van der Waals surface area contributed by atoms with E-state index in [0.717, 1.165) is 32.1 Å². The highest BCUT2D eigenvalue weighted by Gasteiger charge is 2.53. The Hall–Kier alpha value is -1.39. The van der Waals surface area contributed by atoms with Gasteiger partial charge in [0.2, 0.25) is 11.8 Å². The third-order valence-electron chi connectivity index (χ3n) is 5.36. The predicted octanol–water partition coefficient (Wildman–Crippen LogP) is 2.84. The van der Waals surface area contributed by atoms with Gasteiger partial charge >= 0.3 is 6.03 Å². The molecule has 1 heterocycles. The van der Waals surface area contributed by atoms with Gasteiger partial charge in [-0.1, -0.05) is 40.0 Å². The van der Waals surface area contributed by atoms with Crippen LogP contribution in [0.15, 0.2) is 0 Å². The van der Waals surface area contributed by atoms with E-state index in [0.29, 0.717) is 18.8 Å². The highest BCUT2D eigenvalue weighted by Crippen LogP contribution is 2.36. The molecule has 0 bridgehead atoms. The van der Waals surface area contributed by atoms with Gasteiger partial charge in [0.1, 0.15) is 5.41 Å². The third-order valence-corrected chi connectivity index (χ3v) is 5.36. The molecule has 0 aromatic heterocycles. The monoisotopic (exact) mass is 294 g/mol. The molecule has 2 unspecified atom stereocenters. The molecule has 5 nitrogen and oxygen atoms in total. The highest BCUT2D eigenvalue weighted by molar-refractivity contribution is 6.19. The van der Waals surface area contributed by atoms with Crippen molar-refractivity contribution in [2.45, 2.75) is 71.8 Å². The van der Waals surface area contributed by atoms with Crippen LogP contribution in [0.1, 0.15) is 65.7 Å². The average molecular weight is 294 g/mol. The molecule has 4 amide bonds. The lowest BCUT2D eigenvalue weighted by Crippen LogP contribution is -2.66. The third kappa shape index (κ3) is 2.58. The number of nitrogens with zero attached hydrogens (tertiary/aromatic N) is 1. The first-order valence-corrected chi connectivity index (χ1v) is 8.17. The first kappa shape index (κ1) is 16.0. The Morgan fingerprint density at radius 3 is 2.33 bits per heavy atom. The minimum Gasteiger partial charge on any atom is -0.277 e. The van der Waals surface area contributed by atoms with Crippen molar-refractivity contribution in [2.24, 2.45) is 11.3 Å². The van der Waals surface area contributed by atoms with E-state index in [1.165, 1.54) is 4.90 Å². The summed E-state index contributed by atoms with van der Waals surface area (Å²) in [6.45, 7) is 5.78. The summed E-state index contributed by atoms with van der Waals surface area (Å²) in [5.41, 5.74) is -1.07. The molecule has 1 saturated heterocycles. The molecular formula is C16H26N2O3. The maximum atomic E-state index is 12.9. The maximum Gasteiger partial charge on any atom is 0.331 e. The van der Waals surface area contributed by atoms with E-state index in [-0.39, 0.29) is 11.9 Å². The van der Waals surface area contributed by atoms with Crippen LogP contribution in [0.4, 0.5) is 4.79 Å². The first-order chi connectivity index (χ1) is 9.97. The van der Waals surface area contributed by atoms with Crippen LogP contribution >= 0.6 is 0 Å². The van der Waals surface area contributed by atoms with Crippen molar-refractivity contribution in [1.82, 2.24) is 10.2 Å². The number of amides is 4. The SMILES string of the molecule is CCC1(CC)C(=O)NC(=O)N(C2CCCCCC2C)C1=O. The zero-order valence-corrected chi connectivity index (χ0v) is 13.3. The lowest BCUT2D eigenvalue weighted by Gasteiger charge is -2.43. The van der Waals surface area contributed by atoms with Crippen molar-refractivity contribution in [3.63, 3.8) is 0 Å². The summed E-state index contributed by atoms with van der Waals surface area (Å²) >= 11 is 0. The van der Waals surface area contributed by atoms with Crippen LogP contribution in [0, 0.1) is 11.3 Å². The van der Waals surface area contributed by atoms with Crippen molar-refractivity contribution in [3.05, 3.63) is 0 Å². The van der Waals surface area contributed by atoms with Gasteiger partial charge in [0.25, 0.3) is 0 Å². The quantitative estimate of drug-likeness (QED) is 0.643. The van der Waals surface area contributed by atoms with Crippen LogP contribution in [-0.4, -0.2) is 28.8 Å². The number of urea groups is 1. The minimum absolute atomic E-state index is 0.0782. The number of hydrogen-bond donors (Lipinski definition) is 1. The Bertz CT molecular complexity index is 443. The number of carbonyl (C=O) groups excluding carboxylic acids is 3. The molecule has 1 saturated carbocycles. The minimum atomic E-state index is -1.07. The molecule has 2 atom stereocenters. The van der Waals surface area contributed by atoms with Gasteiger partial charge in [-0.3, -0.25) is 19.8 Å². The maximum absolute atomic E-state index is 12.9. The van der Waals surface area contributed by atoms with Gasteiger partial charge in [0.15, 0.2) is 0 Å². The number of carbonyl (C=O) groups is 3. The summed E-state index contributed by atoms with van der Waals surface area (Å²) in [5, 5.41) is 2.42. The Labute approximate surface area is 126 Å². The van der Waals surface area contributed by atoms with Gasteiger partial charge < -0.3 is 0 Å². The van der Waals surface area contributed by atoms with Crippen LogP contribution in [0.25, 0.3) is 0 Å². The van der Waals surface area contributed by atoms with E-state index in [2.05, 4.69) is 12.2 Å². The Morgan fingerprint density at radius 1 is 1.10 bits per heavy atom. The molecule has 5 heteroatoms. The van der Waals surface area contributed by atoms with E-state index in [4.69, 9.17) is 0 Å². The Kier molecular flexibility index (Phi) is 4.69. The second-order valence-electron chi connectivity index (χ2n) is 6.41. The van der Waals surface area contributed by atoms with Crippen molar-refractivity contribution < 1.29 is 14.4 Å². The van der Waals surface area contributed by atoms with E-state index >= 15 is 0 Å². The van der Waals surface area contributed by atoms with Gasteiger partial charge in [-0.15, -0.1) is 0 Å². The van der Waals surface area contributed by atoms with Crippen molar-refractivity contribution in [2.75, 3.05) is 0 Å². The summed E-state index contributed by atoms with van der Waals surface area (Å²) in [6.07, 6.45) is 6.06. The van der Waals surface area contributed by atoms with Crippen molar-refractivity contribution in [3.8, 4) is 0 Å².